The van der Waals surface area contributed by atoms with Crippen molar-refractivity contribution in [2.75, 3.05) is 0 Å². The van der Waals surface area contributed by atoms with Gasteiger partial charge in [0.1, 0.15) is 11.8 Å². The molecule has 0 spiro atoms. The lowest BCUT2D eigenvalue weighted by atomic mass is 10.1. The highest BCUT2D eigenvalue weighted by Gasteiger charge is 2.09. The van der Waals surface area contributed by atoms with Crippen molar-refractivity contribution in [3.8, 4) is 6.07 Å². The quantitative estimate of drug-likeness (QED) is 0.786. The summed E-state index contributed by atoms with van der Waals surface area (Å²) in [5, 5.41) is 9.98. The van der Waals surface area contributed by atoms with E-state index in [9.17, 15) is 5.26 Å². The molecule has 1 aromatic heterocycles. The lowest BCUT2D eigenvalue weighted by Gasteiger charge is -2.12. The van der Waals surface area contributed by atoms with Crippen molar-refractivity contribution in [2.24, 2.45) is 5.92 Å². The first kappa shape index (κ1) is 14.7. The highest BCUT2D eigenvalue weighted by molar-refractivity contribution is 6.30. The minimum absolute atomic E-state index is 0.666. The first-order chi connectivity index (χ1) is 9.60. The molecular weight excluding hydrogens is 268 g/mol. The van der Waals surface area contributed by atoms with E-state index in [1.807, 2.05) is 30.3 Å². The molecule has 0 N–H and O–H groups in total. The average Bonchev–Trinajstić information content (AvgIpc) is 2.81. The van der Waals surface area contributed by atoms with E-state index < -0.39 is 0 Å². The Morgan fingerprint density at radius 1 is 1.15 bits per heavy atom. The minimum atomic E-state index is 0.666. The van der Waals surface area contributed by atoms with Gasteiger partial charge in [0.2, 0.25) is 0 Å². The number of halogens is 1. The van der Waals surface area contributed by atoms with E-state index in [2.05, 4.69) is 30.6 Å². The van der Waals surface area contributed by atoms with Gasteiger partial charge in [-0.3, -0.25) is 0 Å². The van der Waals surface area contributed by atoms with Gasteiger partial charge in [0, 0.05) is 17.3 Å². The molecule has 0 bridgehead atoms. The van der Waals surface area contributed by atoms with Gasteiger partial charge in [-0.1, -0.05) is 37.6 Å². The van der Waals surface area contributed by atoms with Crippen molar-refractivity contribution in [2.45, 2.75) is 33.2 Å². The van der Waals surface area contributed by atoms with Crippen LogP contribution in [0.25, 0.3) is 0 Å². The molecule has 1 aromatic carbocycles. The summed E-state index contributed by atoms with van der Waals surface area (Å²) in [4.78, 5) is 0. The van der Waals surface area contributed by atoms with E-state index in [1.54, 1.807) is 0 Å². The van der Waals surface area contributed by atoms with Gasteiger partial charge in [-0.25, -0.2) is 0 Å². The second-order valence-corrected chi connectivity index (χ2v) is 5.90. The van der Waals surface area contributed by atoms with Crippen LogP contribution < -0.4 is 0 Å². The topological polar surface area (TPSA) is 28.7 Å². The molecule has 0 fully saturated rings. The number of nitriles is 1. The molecule has 0 atom stereocenters. The monoisotopic (exact) mass is 286 g/mol. The third-order valence-electron chi connectivity index (χ3n) is 3.42. The molecule has 0 unspecified atom stereocenters. The van der Waals surface area contributed by atoms with Crippen molar-refractivity contribution in [3.05, 3.63) is 58.4 Å². The van der Waals surface area contributed by atoms with Crippen LogP contribution in [-0.2, 0) is 13.0 Å². The van der Waals surface area contributed by atoms with Gasteiger partial charge in [0.15, 0.2) is 0 Å². The molecule has 20 heavy (non-hydrogen) atoms. The molecule has 0 aliphatic rings. The van der Waals surface area contributed by atoms with Gasteiger partial charge in [-0.05, 0) is 48.6 Å². The van der Waals surface area contributed by atoms with Crippen LogP contribution in [0.2, 0.25) is 5.02 Å². The van der Waals surface area contributed by atoms with Gasteiger partial charge in [-0.15, -0.1) is 0 Å². The molecule has 0 saturated carbocycles. The molecule has 2 aromatic rings. The van der Waals surface area contributed by atoms with Crippen LogP contribution in [0.5, 0.6) is 0 Å². The Bertz CT molecular complexity index is 603. The van der Waals surface area contributed by atoms with Crippen LogP contribution in [-0.4, -0.2) is 4.57 Å². The SMILES string of the molecule is CC(C)CCc1ccc(C#N)n1Cc1ccc(Cl)cc1. The van der Waals surface area contributed by atoms with Gasteiger partial charge in [0.25, 0.3) is 0 Å². The Hall–Kier alpha value is -1.72. The van der Waals surface area contributed by atoms with E-state index in [4.69, 9.17) is 11.6 Å². The average molecular weight is 287 g/mol. The van der Waals surface area contributed by atoms with Gasteiger partial charge < -0.3 is 4.57 Å². The molecular formula is C17H19ClN2. The predicted octanol–water partition coefficient (Wildman–Crippen LogP) is 4.65. The van der Waals surface area contributed by atoms with Crippen LogP contribution in [0.3, 0.4) is 0 Å². The number of benzene rings is 1. The fraction of sp³-hybridized carbons (Fsp3) is 0.353. The van der Waals surface area contributed by atoms with E-state index in [0.717, 1.165) is 35.7 Å². The summed E-state index contributed by atoms with van der Waals surface area (Å²) in [6.45, 7) is 5.16. The molecule has 1 heterocycles. The van der Waals surface area contributed by atoms with E-state index in [0.29, 0.717) is 5.92 Å². The normalized spacial score (nSPS) is 10.8. The fourth-order valence-electron chi connectivity index (χ4n) is 2.22. The Morgan fingerprint density at radius 3 is 2.45 bits per heavy atom. The van der Waals surface area contributed by atoms with Crippen LogP contribution in [0, 0.1) is 17.2 Å². The molecule has 2 nitrogen and oxygen atoms in total. The van der Waals surface area contributed by atoms with Gasteiger partial charge >= 0.3 is 0 Å². The van der Waals surface area contributed by atoms with Crippen LogP contribution in [0.4, 0.5) is 0 Å². The minimum Gasteiger partial charge on any atom is -0.332 e. The third kappa shape index (κ3) is 3.65. The second-order valence-electron chi connectivity index (χ2n) is 5.47. The number of nitrogens with zero attached hydrogens (tertiary/aromatic N) is 2. The summed E-state index contributed by atoms with van der Waals surface area (Å²) >= 11 is 5.91. The molecule has 2 rings (SSSR count). The number of aromatic nitrogens is 1. The first-order valence-electron chi connectivity index (χ1n) is 6.93. The van der Waals surface area contributed by atoms with E-state index in [-0.39, 0.29) is 0 Å². The van der Waals surface area contributed by atoms with Crippen molar-refractivity contribution in [1.82, 2.24) is 4.57 Å². The first-order valence-corrected chi connectivity index (χ1v) is 7.31. The maximum Gasteiger partial charge on any atom is 0.120 e. The van der Waals surface area contributed by atoms with Crippen molar-refractivity contribution >= 4 is 11.6 Å². The Labute approximate surface area is 125 Å². The van der Waals surface area contributed by atoms with Crippen molar-refractivity contribution in [3.63, 3.8) is 0 Å². The van der Waals surface area contributed by atoms with E-state index in [1.165, 1.54) is 5.69 Å². The summed E-state index contributed by atoms with van der Waals surface area (Å²) in [7, 11) is 0. The maximum atomic E-state index is 9.24. The Kier molecular flexibility index (Phi) is 4.87. The zero-order chi connectivity index (χ0) is 14.5. The summed E-state index contributed by atoms with van der Waals surface area (Å²) in [5.74, 6) is 0.666. The highest BCUT2D eigenvalue weighted by atomic mass is 35.5. The molecule has 0 aliphatic carbocycles. The van der Waals surface area contributed by atoms with Crippen LogP contribution in [0.1, 0.15) is 37.2 Å². The summed E-state index contributed by atoms with van der Waals surface area (Å²) < 4.78 is 2.10. The molecule has 0 aliphatic heterocycles. The predicted molar refractivity (Wildman–Crippen MR) is 82.9 cm³/mol. The summed E-state index contributed by atoms with van der Waals surface area (Å²) in [5.41, 5.74) is 3.11. The molecule has 0 radical (unpaired) electrons. The number of hydrogen-bond acceptors (Lipinski definition) is 1. The van der Waals surface area contributed by atoms with Gasteiger partial charge in [0.05, 0.1) is 0 Å². The second kappa shape index (κ2) is 6.63. The Balaban J connectivity index is 2.22. The molecule has 104 valence electrons. The fourth-order valence-corrected chi connectivity index (χ4v) is 2.35. The molecule has 0 amide bonds. The third-order valence-corrected chi connectivity index (χ3v) is 3.67. The lowest BCUT2D eigenvalue weighted by Crippen LogP contribution is -2.07. The van der Waals surface area contributed by atoms with Crippen molar-refractivity contribution < 1.29 is 0 Å². The van der Waals surface area contributed by atoms with E-state index >= 15 is 0 Å². The summed E-state index contributed by atoms with van der Waals surface area (Å²) in [6.07, 6.45) is 2.14. The number of hydrogen-bond donors (Lipinski definition) is 0. The molecule has 0 saturated heterocycles. The largest absolute Gasteiger partial charge is 0.332 e. The van der Waals surface area contributed by atoms with Gasteiger partial charge in [-0.2, -0.15) is 5.26 Å². The smallest absolute Gasteiger partial charge is 0.120 e. The summed E-state index contributed by atoms with van der Waals surface area (Å²) in [6, 6.07) is 14.0. The lowest BCUT2D eigenvalue weighted by molar-refractivity contribution is 0.568. The Morgan fingerprint density at radius 2 is 1.85 bits per heavy atom. The molecule has 3 heteroatoms. The number of aryl methyl sites for hydroxylation is 1. The zero-order valence-corrected chi connectivity index (χ0v) is 12.7. The van der Waals surface area contributed by atoms with Crippen LogP contribution >= 0.6 is 11.6 Å². The standard InChI is InChI=1S/C17H19ClN2/c1-13(2)3-8-16-9-10-17(11-19)20(16)12-14-4-6-15(18)7-5-14/h4-7,9-10,13H,3,8,12H2,1-2H3. The van der Waals surface area contributed by atoms with Crippen molar-refractivity contribution in [1.29, 1.82) is 5.26 Å². The highest BCUT2D eigenvalue weighted by Crippen LogP contribution is 2.17. The maximum absolute atomic E-state index is 9.24. The van der Waals surface area contributed by atoms with Crippen LogP contribution in [0.15, 0.2) is 36.4 Å². The zero-order valence-electron chi connectivity index (χ0n) is 11.9. The number of rotatable bonds is 5.